The fraction of sp³-hybridized carbons (Fsp3) is 0.909. The number of ether oxygens (including phenoxy) is 1. The molecule has 0 heterocycles. The van der Waals surface area contributed by atoms with E-state index in [0.717, 1.165) is 6.42 Å². The van der Waals surface area contributed by atoms with E-state index in [1.165, 1.54) is 0 Å². The third kappa shape index (κ3) is 3.87. The largest absolute Gasteiger partial charge is 0.465 e. The van der Waals surface area contributed by atoms with Crippen molar-refractivity contribution in [2.75, 3.05) is 13.2 Å². The summed E-state index contributed by atoms with van der Waals surface area (Å²) in [5.41, 5.74) is -1.15. The number of hydrogen-bond acceptors (Lipinski definition) is 3. The van der Waals surface area contributed by atoms with Crippen LogP contribution in [0.15, 0.2) is 0 Å². The van der Waals surface area contributed by atoms with E-state index in [2.05, 4.69) is 5.32 Å². The molecule has 1 N–H and O–H groups in total. The third-order valence-electron chi connectivity index (χ3n) is 3.05. The van der Waals surface area contributed by atoms with Crippen molar-refractivity contribution in [2.45, 2.75) is 44.8 Å². The molecule has 0 aromatic carbocycles. The molecule has 1 fully saturated rings. The molecule has 0 spiro atoms. The zero-order valence-electron chi connectivity index (χ0n) is 10.1. The monoisotopic (exact) mass is 253 g/mol. The fourth-order valence-electron chi connectivity index (χ4n) is 2.25. The van der Waals surface area contributed by atoms with E-state index in [9.17, 15) is 18.0 Å². The van der Waals surface area contributed by atoms with Gasteiger partial charge in [-0.3, -0.25) is 10.1 Å². The number of esters is 1. The molecule has 0 bridgehead atoms. The minimum absolute atomic E-state index is 0.183. The second kappa shape index (κ2) is 5.25. The number of carbonyl (C=O) groups excluding carboxylic acids is 1. The molecule has 3 nitrogen and oxygen atoms in total. The molecule has 0 radical (unpaired) electrons. The van der Waals surface area contributed by atoms with Crippen LogP contribution >= 0.6 is 0 Å². The van der Waals surface area contributed by atoms with Gasteiger partial charge in [0.05, 0.1) is 13.2 Å². The summed E-state index contributed by atoms with van der Waals surface area (Å²) in [7, 11) is 0. The summed E-state index contributed by atoms with van der Waals surface area (Å²) in [6.07, 6.45) is -2.76. The summed E-state index contributed by atoms with van der Waals surface area (Å²) in [4.78, 5) is 11.8. The van der Waals surface area contributed by atoms with Gasteiger partial charge in [-0.1, -0.05) is 6.92 Å². The Morgan fingerprint density at radius 2 is 2.18 bits per heavy atom. The maximum absolute atomic E-state index is 12.2. The number of carbonyl (C=O) groups is 1. The highest BCUT2D eigenvalue weighted by Crippen LogP contribution is 2.35. The highest BCUT2D eigenvalue weighted by Gasteiger charge is 2.46. The van der Waals surface area contributed by atoms with Crippen molar-refractivity contribution in [2.24, 2.45) is 5.92 Å². The van der Waals surface area contributed by atoms with Gasteiger partial charge in [0.1, 0.15) is 5.54 Å². The number of alkyl halides is 3. The van der Waals surface area contributed by atoms with E-state index in [1.807, 2.05) is 6.92 Å². The fourth-order valence-corrected chi connectivity index (χ4v) is 2.25. The van der Waals surface area contributed by atoms with Gasteiger partial charge in [-0.25, -0.2) is 0 Å². The summed E-state index contributed by atoms with van der Waals surface area (Å²) in [5.74, 6) is -0.325. The van der Waals surface area contributed by atoms with Crippen molar-refractivity contribution in [1.29, 1.82) is 0 Å². The first-order chi connectivity index (χ1) is 7.79. The van der Waals surface area contributed by atoms with Crippen LogP contribution in [-0.2, 0) is 9.53 Å². The number of nitrogens with one attached hydrogen (secondary N) is 1. The summed E-state index contributed by atoms with van der Waals surface area (Å²) in [5, 5.41) is 2.35. The second-order valence-electron chi connectivity index (χ2n) is 4.62. The molecule has 1 rings (SSSR count). The molecule has 2 unspecified atom stereocenters. The van der Waals surface area contributed by atoms with Gasteiger partial charge in [0.2, 0.25) is 0 Å². The lowest BCUT2D eigenvalue weighted by molar-refractivity contribution is -0.155. The zero-order valence-corrected chi connectivity index (χ0v) is 10.1. The predicted molar refractivity (Wildman–Crippen MR) is 56.4 cm³/mol. The minimum Gasteiger partial charge on any atom is -0.465 e. The molecule has 1 saturated carbocycles. The standard InChI is InChI=1S/C11H18F3NO2/c1-3-17-9(16)10(5-4-8(2)6-10)15-7-11(12,13)14/h8,15H,3-7H2,1-2H3. The van der Waals surface area contributed by atoms with Crippen LogP contribution in [0.25, 0.3) is 0 Å². The molecular formula is C11H18F3NO2. The average Bonchev–Trinajstić information content (AvgIpc) is 2.58. The third-order valence-corrected chi connectivity index (χ3v) is 3.05. The minimum atomic E-state index is -4.31. The first-order valence-electron chi connectivity index (χ1n) is 5.78. The van der Waals surface area contributed by atoms with E-state index < -0.39 is 24.2 Å². The lowest BCUT2D eigenvalue weighted by Gasteiger charge is -2.28. The van der Waals surface area contributed by atoms with E-state index in [4.69, 9.17) is 4.74 Å². The van der Waals surface area contributed by atoms with Gasteiger partial charge < -0.3 is 4.74 Å². The molecule has 0 aromatic heterocycles. The van der Waals surface area contributed by atoms with Crippen LogP contribution in [0.2, 0.25) is 0 Å². The van der Waals surface area contributed by atoms with Gasteiger partial charge in [-0.15, -0.1) is 0 Å². The lowest BCUT2D eigenvalue weighted by atomic mass is 9.96. The first-order valence-corrected chi connectivity index (χ1v) is 5.78. The second-order valence-corrected chi connectivity index (χ2v) is 4.62. The molecule has 0 aliphatic heterocycles. The van der Waals surface area contributed by atoms with E-state index in [1.54, 1.807) is 6.92 Å². The maximum atomic E-state index is 12.2. The topological polar surface area (TPSA) is 38.3 Å². The van der Waals surface area contributed by atoms with E-state index in [-0.39, 0.29) is 12.5 Å². The predicted octanol–water partition coefficient (Wildman–Crippen LogP) is 2.26. The van der Waals surface area contributed by atoms with Crippen molar-refractivity contribution in [3.05, 3.63) is 0 Å². The van der Waals surface area contributed by atoms with Gasteiger partial charge in [0.15, 0.2) is 0 Å². The number of halogens is 3. The number of hydrogen-bond donors (Lipinski definition) is 1. The molecule has 2 atom stereocenters. The van der Waals surface area contributed by atoms with Crippen LogP contribution < -0.4 is 5.32 Å². The summed E-state index contributed by atoms with van der Waals surface area (Å²) >= 11 is 0. The SMILES string of the molecule is CCOC(=O)C1(NCC(F)(F)F)CCC(C)C1. The van der Waals surface area contributed by atoms with Crippen LogP contribution in [0.5, 0.6) is 0 Å². The lowest BCUT2D eigenvalue weighted by Crippen LogP contribution is -2.53. The molecule has 1 aliphatic carbocycles. The van der Waals surface area contributed by atoms with Gasteiger partial charge in [0.25, 0.3) is 0 Å². The van der Waals surface area contributed by atoms with Crippen LogP contribution in [0.1, 0.15) is 33.1 Å². The molecule has 1 aliphatic rings. The van der Waals surface area contributed by atoms with E-state index >= 15 is 0 Å². The summed E-state index contributed by atoms with van der Waals surface area (Å²) < 4.78 is 41.5. The quantitative estimate of drug-likeness (QED) is 0.781. The van der Waals surface area contributed by atoms with Gasteiger partial charge >= 0.3 is 12.1 Å². The Balaban J connectivity index is 2.70. The summed E-state index contributed by atoms with van der Waals surface area (Å²) in [6, 6.07) is 0. The van der Waals surface area contributed by atoms with Crippen LogP contribution in [0.4, 0.5) is 13.2 Å². The maximum Gasteiger partial charge on any atom is 0.401 e. The summed E-state index contributed by atoms with van der Waals surface area (Å²) in [6.45, 7) is 2.60. The van der Waals surface area contributed by atoms with Crippen LogP contribution in [0.3, 0.4) is 0 Å². The molecule has 100 valence electrons. The highest BCUT2D eigenvalue weighted by molar-refractivity contribution is 5.81. The molecular weight excluding hydrogens is 235 g/mol. The van der Waals surface area contributed by atoms with Crippen LogP contribution in [-0.4, -0.2) is 30.8 Å². The normalized spacial score (nSPS) is 29.4. The van der Waals surface area contributed by atoms with Crippen molar-refractivity contribution < 1.29 is 22.7 Å². The smallest absolute Gasteiger partial charge is 0.401 e. The Hall–Kier alpha value is -0.780. The zero-order chi connectivity index (χ0) is 13.1. The van der Waals surface area contributed by atoms with Gasteiger partial charge in [-0.2, -0.15) is 13.2 Å². The van der Waals surface area contributed by atoms with Crippen molar-refractivity contribution in [3.8, 4) is 0 Å². The molecule has 0 amide bonds. The first kappa shape index (κ1) is 14.3. The molecule has 6 heteroatoms. The Morgan fingerprint density at radius 3 is 2.59 bits per heavy atom. The Labute approximate surface area is 98.7 Å². The van der Waals surface area contributed by atoms with Crippen molar-refractivity contribution in [1.82, 2.24) is 5.32 Å². The average molecular weight is 253 g/mol. The Bertz CT molecular complexity index is 280. The van der Waals surface area contributed by atoms with Crippen molar-refractivity contribution >= 4 is 5.97 Å². The van der Waals surface area contributed by atoms with Gasteiger partial charge in [0, 0.05) is 0 Å². The molecule has 0 saturated heterocycles. The number of rotatable bonds is 4. The Morgan fingerprint density at radius 1 is 1.53 bits per heavy atom. The van der Waals surface area contributed by atoms with Crippen molar-refractivity contribution in [3.63, 3.8) is 0 Å². The Kier molecular flexibility index (Phi) is 4.41. The van der Waals surface area contributed by atoms with E-state index in [0.29, 0.717) is 12.8 Å². The molecule has 17 heavy (non-hydrogen) atoms. The van der Waals surface area contributed by atoms with Crippen LogP contribution in [0, 0.1) is 5.92 Å². The highest BCUT2D eigenvalue weighted by atomic mass is 19.4. The van der Waals surface area contributed by atoms with Gasteiger partial charge in [-0.05, 0) is 32.1 Å². The molecule has 0 aromatic rings.